The van der Waals surface area contributed by atoms with E-state index < -0.39 is 0 Å². The first kappa shape index (κ1) is 39.5. The van der Waals surface area contributed by atoms with Gasteiger partial charge in [-0.3, -0.25) is 0 Å². The summed E-state index contributed by atoms with van der Waals surface area (Å²) in [4.78, 5) is 0. The molecule has 15 aromatic rings. The first-order valence-corrected chi connectivity index (χ1v) is 24.4. The molecule has 0 radical (unpaired) electrons. The van der Waals surface area contributed by atoms with Crippen molar-refractivity contribution in [1.29, 1.82) is 0 Å². The Morgan fingerprint density at radius 2 is 0.620 bits per heavy atom. The molecule has 0 spiro atoms. The summed E-state index contributed by atoms with van der Waals surface area (Å²) in [7, 11) is 0. The van der Waals surface area contributed by atoms with Crippen LogP contribution in [-0.2, 0) is 0 Å². The Morgan fingerprint density at radius 3 is 1.07 bits per heavy atom. The number of rotatable bonds is 6. The fourth-order valence-electron chi connectivity index (χ4n) is 11.6. The van der Waals surface area contributed by atoms with Crippen molar-refractivity contribution in [2.24, 2.45) is 0 Å². The van der Waals surface area contributed by atoms with Crippen LogP contribution in [0.3, 0.4) is 0 Å². The quantitative estimate of drug-likeness (QED) is 0.163. The summed E-state index contributed by atoms with van der Waals surface area (Å²) >= 11 is 0. The van der Waals surface area contributed by atoms with E-state index in [4.69, 9.17) is 4.42 Å². The maximum absolute atomic E-state index is 7.49. The van der Waals surface area contributed by atoms with Gasteiger partial charge in [0, 0.05) is 32.9 Å². The molecule has 0 unspecified atom stereocenters. The molecule has 0 atom stereocenters. The lowest BCUT2D eigenvalue weighted by Crippen LogP contribution is -1.94. The lowest BCUT2D eigenvalue weighted by atomic mass is 9.98. The highest BCUT2D eigenvalue weighted by Gasteiger charge is 2.24. The summed E-state index contributed by atoms with van der Waals surface area (Å²) in [5.41, 5.74) is 18.0. The number of nitrogens with zero attached hydrogens (tertiary/aromatic N) is 2. The summed E-state index contributed by atoms with van der Waals surface area (Å²) in [6.45, 7) is 0. The molecule has 0 aliphatic heterocycles. The van der Waals surface area contributed by atoms with Crippen LogP contribution in [0, 0.1) is 0 Å². The number of hydrogen-bond donors (Lipinski definition) is 0. The predicted octanol–water partition coefficient (Wildman–Crippen LogP) is 18.8. The molecule has 0 bridgehead atoms. The van der Waals surface area contributed by atoms with Crippen LogP contribution in [0.4, 0.5) is 0 Å². The van der Waals surface area contributed by atoms with E-state index >= 15 is 0 Å². The molecule has 3 heteroatoms. The highest BCUT2D eigenvalue weighted by atomic mass is 16.3. The zero-order valence-corrected chi connectivity index (χ0v) is 38.6. The van der Waals surface area contributed by atoms with Crippen LogP contribution >= 0.6 is 0 Å². The van der Waals surface area contributed by atoms with Crippen LogP contribution in [0.1, 0.15) is 0 Å². The Balaban J connectivity index is 0.969. The molecule has 71 heavy (non-hydrogen) atoms. The number of benzene rings is 12. The lowest BCUT2D eigenvalue weighted by molar-refractivity contribution is 0.677. The Hall–Kier alpha value is -9.44. The van der Waals surface area contributed by atoms with Gasteiger partial charge in [-0.15, -0.1) is 0 Å². The Bertz CT molecular complexity index is 4290. The SMILES string of the molecule is c1ccc(-c2ccc3c(c2)c2c4oc5c(ccc6c5c5cc(-c7ccccc7)ccc5n6-c5ccc(-c6cccc7ccccc67)cc5)c4ccc2n3-c2ccc(-c3cccc4ccccc34)cc2)cc1. The minimum atomic E-state index is 0.894. The Labute approximate surface area is 409 Å². The van der Waals surface area contributed by atoms with Gasteiger partial charge in [0.05, 0.1) is 32.8 Å². The molecule has 3 nitrogen and oxygen atoms in total. The molecule has 3 aromatic heterocycles. The van der Waals surface area contributed by atoms with E-state index in [1.54, 1.807) is 0 Å². The fraction of sp³-hybridized carbons (Fsp3) is 0. The van der Waals surface area contributed by atoms with E-state index in [0.717, 1.165) is 76.9 Å². The van der Waals surface area contributed by atoms with Gasteiger partial charge in [0.1, 0.15) is 11.2 Å². The van der Waals surface area contributed by atoms with Crippen molar-refractivity contribution in [3.8, 4) is 55.9 Å². The summed E-state index contributed by atoms with van der Waals surface area (Å²) in [6.07, 6.45) is 0. The molecule has 0 fully saturated rings. The average Bonchev–Trinajstić information content (AvgIpc) is 4.11. The molecule has 330 valence electrons. The second-order valence-electron chi connectivity index (χ2n) is 18.8. The third-order valence-electron chi connectivity index (χ3n) is 14.9. The first-order valence-electron chi connectivity index (χ1n) is 24.4. The van der Waals surface area contributed by atoms with Gasteiger partial charge < -0.3 is 13.6 Å². The molecule has 0 saturated carbocycles. The fourth-order valence-corrected chi connectivity index (χ4v) is 11.6. The number of furan rings is 1. The van der Waals surface area contributed by atoms with Crippen molar-refractivity contribution in [1.82, 2.24) is 9.13 Å². The zero-order valence-electron chi connectivity index (χ0n) is 38.6. The van der Waals surface area contributed by atoms with Gasteiger partial charge in [-0.1, -0.05) is 182 Å². The third-order valence-corrected chi connectivity index (χ3v) is 14.9. The Kier molecular flexibility index (Phi) is 8.66. The molecule has 15 rings (SSSR count). The smallest absolute Gasteiger partial charge is 0.145 e. The Morgan fingerprint density at radius 1 is 0.239 bits per heavy atom. The van der Waals surface area contributed by atoms with E-state index in [0.29, 0.717) is 0 Å². The van der Waals surface area contributed by atoms with Crippen molar-refractivity contribution in [2.45, 2.75) is 0 Å². The van der Waals surface area contributed by atoms with E-state index in [1.165, 1.54) is 66.1 Å². The molecular weight excluding hydrogens is 861 g/mol. The minimum Gasteiger partial charge on any atom is -0.455 e. The lowest BCUT2D eigenvalue weighted by Gasteiger charge is -2.11. The summed E-state index contributed by atoms with van der Waals surface area (Å²) in [6, 6.07) is 92.8. The number of aromatic nitrogens is 2. The second-order valence-corrected chi connectivity index (χ2v) is 18.8. The minimum absolute atomic E-state index is 0.894. The third kappa shape index (κ3) is 6.10. The van der Waals surface area contributed by atoms with Crippen molar-refractivity contribution >= 4 is 87.1 Å². The van der Waals surface area contributed by atoms with Crippen LogP contribution < -0.4 is 0 Å². The normalized spacial score (nSPS) is 11.9. The van der Waals surface area contributed by atoms with E-state index in [1.807, 2.05) is 0 Å². The van der Waals surface area contributed by atoms with E-state index in [9.17, 15) is 0 Å². The zero-order chi connectivity index (χ0) is 46.6. The monoisotopic (exact) mass is 902 g/mol. The molecule has 0 aliphatic carbocycles. The summed E-state index contributed by atoms with van der Waals surface area (Å²) in [5.74, 6) is 0. The van der Waals surface area contributed by atoms with Crippen LogP contribution in [0.2, 0.25) is 0 Å². The molecule has 12 aromatic carbocycles. The first-order chi connectivity index (χ1) is 35.2. The highest BCUT2D eigenvalue weighted by molar-refractivity contribution is 6.29. The largest absolute Gasteiger partial charge is 0.455 e. The second kappa shape index (κ2) is 15.5. The molecule has 3 heterocycles. The van der Waals surface area contributed by atoms with Crippen LogP contribution in [0.25, 0.3) is 143 Å². The number of fused-ring (bicyclic) bond motifs is 13. The van der Waals surface area contributed by atoms with Gasteiger partial charge in [-0.05, 0) is 139 Å². The standard InChI is InChI=1S/C68H42N2O/c1-3-13-43(14-4-1)49-29-37-61-59(41-49)65-63(69(61)51-31-25-47(26-32-51)55-23-11-19-45-17-7-9-21-53(45)55)39-35-57-58-36-40-64-66(68(58)71-67(57)65)60-42-50(44-15-5-2-6-16-44)30-38-62(60)70(64)52-33-27-48(28-34-52)56-24-12-20-46-18-8-10-22-54(46)56/h1-42H. The molecule has 0 N–H and O–H groups in total. The molecule has 0 saturated heterocycles. The number of hydrogen-bond acceptors (Lipinski definition) is 1. The van der Waals surface area contributed by atoms with Crippen molar-refractivity contribution in [2.75, 3.05) is 0 Å². The van der Waals surface area contributed by atoms with Gasteiger partial charge in [-0.2, -0.15) is 0 Å². The van der Waals surface area contributed by atoms with Crippen LogP contribution in [0.15, 0.2) is 259 Å². The summed E-state index contributed by atoms with van der Waals surface area (Å²) < 4.78 is 12.3. The molecule has 0 aliphatic rings. The van der Waals surface area contributed by atoms with E-state index in [-0.39, 0.29) is 0 Å². The van der Waals surface area contributed by atoms with Gasteiger partial charge >= 0.3 is 0 Å². The maximum atomic E-state index is 7.49. The summed E-state index contributed by atoms with van der Waals surface area (Å²) in [5, 5.41) is 11.7. The van der Waals surface area contributed by atoms with E-state index in [2.05, 4.69) is 264 Å². The van der Waals surface area contributed by atoms with Gasteiger partial charge in [0.2, 0.25) is 0 Å². The predicted molar refractivity (Wildman–Crippen MR) is 299 cm³/mol. The maximum Gasteiger partial charge on any atom is 0.145 e. The van der Waals surface area contributed by atoms with Gasteiger partial charge in [0.15, 0.2) is 0 Å². The van der Waals surface area contributed by atoms with Crippen molar-refractivity contribution < 1.29 is 4.42 Å². The van der Waals surface area contributed by atoms with Crippen molar-refractivity contribution in [3.63, 3.8) is 0 Å². The van der Waals surface area contributed by atoms with Crippen LogP contribution in [-0.4, -0.2) is 9.13 Å². The molecule has 0 amide bonds. The topological polar surface area (TPSA) is 23.0 Å². The van der Waals surface area contributed by atoms with Gasteiger partial charge in [0.25, 0.3) is 0 Å². The van der Waals surface area contributed by atoms with Gasteiger partial charge in [-0.25, -0.2) is 0 Å². The van der Waals surface area contributed by atoms with Crippen LogP contribution in [0.5, 0.6) is 0 Å². The van der Waals surface area contributed by atoms with Crippen molar-refractivity contribution in [3.05, 3.63) is 255 Å². The average molecular weight is 903 g/mol. The highest BCUT2D eigenvalue weighted by Crippen LogP contribution is 2.46. The molecular formula is C68H42N2O.